The minimum absolute atomic E-state index is 0. The summed E-state index contributed by atoms with van der Waals surface area (Å²) < 4.78 is 8.19. The summed E-state index contributed by atoms with van der Waals surface area (Å²) in [7, 11) is -1.45. The van der Waals surface area contributed by atoms with Gasteiger partial charge in [0.05, 0.1) is 0 Å². The second-order valence-electron chi connectivity index (χ2n) is 8.13. The van der Waals surface area contributed by atoms with Crippen LogP contribution in [0.2, 0.25) is 19.6 Å². The van der Waals surface area contributed by atoms with Crippen molar-refractivity contribution in [3.8, 4) is 0 Å². The van der Waals surface area contributed by atoms with E-state index in [1.807, 2.05) is 6.92 Å². The van der Waals surface area contributed by atoms with Crippen molar-refractivity contribution in [3.05, 3.63) is 83.4 Å². The van der Waals surface area contributed by atoms with Crippen LogP contribution in [0.5, 0.6) is 0 Å². The molecule has 0 N–H and O–H groups in total. The average molecular weight is 536 g/mol. The van der Waals surface area contributed by atoms with Gasteiger partial charge in [-0.25, -0.2) is 0 Å². The molecule has 0 saturated heterocycles. The molecule has 5 heteroatoms. The van der Waals surface area contributed by atoms with Gasteiger partial charge < -0.3 is 29.2 Å². The van der Waals surface area contributed by atoms with Gasteiger partial charge in [0.2, 0.25) is 0 Å². The maximum atomic E-state index is 6.10. The van der Waals surface area contributed by atoms with Gasteiger partial charge in [-0.15, -0.1) is 40.6 Å². The molecule has 0 heterocycles. The van der Waals surface area contributed by atoms with Crippen LogP contribution in [0.1, 0.15) is 36.0 Å². The Morgan fingerprint density at radius 1 is 1.00 bits per heavy atom. The number of benzene rings is 2. The first-order valence-corrected chi connectivity index (χ1v) is 14.8. The van der Waals surface area contributed by atoms with Crippen LogP contribution in [0.15, 0.2) is 66.7 Å². The van der Waals surface area contributed by atoms with Gasteiger partial charge >= 0.3 is 34.9 Å². The van der Waals surface area contributed by atoms with E-state index in [1.165, 1.54) is 57.3 Å². The molecule has 1 aliphatic rings. The van der Waals surface area contributed by atoms with E-state index in [1.54, 1.807) is 0 Å². The van der Waals surface area contributed by atoms with Gasteiger partial charge in [-0.05, 0) is 48.7 Å². The molecule has 1 nitrogen and oxygen atoms in total. The third-order valence-corrected chi connectivity index (χ3v) is 6.04. The van der Waals surface area contributed by atoms with Crippen molar-refractivity contribution in [2.75, 3.05) is 6.61 Å². The number of hydrogen-bond acceptors (Lipinski definition) is 1. The summed E-state index contributed by atoms with van der Waals surface area (Å²) in [4.78, 5) is 0. The average Bonchev–Trinajstić information content (AvgIpc) is 3.23. The molecule has 0 spiro atoms. The summed E-state index contributed by atoms with van der Waals surface area (Å²) in [5.74, 6) is 0.359. The van der Waals surface area contributed by atoms with Gasteiger partial charge in [0.1, 0.15) is 0 Å². The fraction of sp³-hybridized carbons (Fsp3) is 0.280. The maximum absolute atomic E-state index is 6.10. The molecule has 0 saturated carbocycles. The standard InChI is InChI=1S/C23H25OSi.C2H4.2ClH.Zr/c1-25(2,3)24-15-14-18-16-23(21-11-7-6-10-20(18)21)22-13-12-17-8-4-5-9-19(17)22;1-2;;;/h4-13,16,23H,14-15H2,1-3H3;1H,2H3;2*1H;/q-1;;;;+2/p-2. The van der Waals surface area contributed by atoms with E-state index < -0.39 is 8.32 Å². The summed E-state index contributed by atoms with van der Waals surface area (Å²) >= 11 is 1.51. The third-order valence-electron chi connectivity index (χ3n) is 4.97. The number of fused-ring (bicyclic) bond motifs is 2. The molecule has 3 aromatic rings. The molecule has 0 aliphatic heterocycles. The van der Waals surface area contributed by atoms with Crippen molar-refractivity contribution in [1.29, 1.82) is 0 Å². The Balaban J connectivity index is 0.000000851. The molecular formula is C25H29Cl2OSiZr-. The molecule has 30 heavy (non-hydrogen) atoms. The fourth-order valence-electron chi connectivity index (χ4n) is 3.83. The van der Waals surface area contributed by atoms with Crippen molar-refractivity contribution in [1.82, 2.24) is 0 Å². The molecule has 0 amide bonds. The molecule has 1 atom stereocenters. The monoisotopic (exact) mass is 533 g/mol. The molecule has 0 bridgehead atoms. The van der Waals surface area contributed by atoms with E-state index in [4.69, 9.17) is 4.43 Å². The van der Waals surface area contributed by atoms with E-state index in [0.29, 0.717) is 5.92 Å². The first kappa shape index (κ1) is 27.3. The summed E-state index contributed by atoms with van der Waals surface area (Å²) in [5.41, 5.74) is 5.69. The van der Waals surface area contributed by atoms with E-state index in [2.05, 4.69) is 90.1 Å². The van der Waals surface area contributed by atoms with Crippen LogP contribution < -0.4 is 24.8 Å². The van der Waals surface area contributed by atoms with Gasteiger partial charge in [-0.3, -0.25) is 0 Å². The number of allylic oxidation sites excluding steroid dienone is 1. The predicted molar refractivity (Wildman–Crippen MR) is 121 cm³/mol. The predicted octanol–water partition coefficient (Wildman–Crippen LogP) is 0.693. The van der Waals surface area contributed by atoms with Gasteiger partial charge in [0, 0.05) is 6.61 Å². The zero-order chi connectivity index (χ0) is 20.1. The Labute approximate surface area is 209 Å². The fourth-order valence-corrected chi connectivity index (χ4v) is 4.54. The molecular weight excluding hydrogens is 506 g/mol. The molecule has 0 aromatic heterocycles. The van der Waals surface area contributed by atoms with E-state index in [0.717, 1.165) is 13.0 Å². The smallest absolute Gasteiger partial charge is 0.183 e. The molecule has 1 unspecified atom stereocenters. The van der Waals surface area contributed by atoms with Crippen LogP contribution in [0.25, 0.3) is 16.3 Å². The van der Waals surface area contributed by atoms with Gasteiger partial charge in [-0.2, -0.15) is 6.07 Å². The van der Waals surface area contributed by atoms with Crippen molar-refractivity contribution in [3.63, 3.8) is 0 Å². The van der Waals surface area contributed by atoms with E-state index in [9.17, 15) is 0 Å². The van der Waals surface area contributed by atoms with Crippen molar-refractivity contribution >= 4 is 28.4 Å². The number of hydrogen-bond donors (Lipinski definition) is 0. The maximum Gasteiger partial charge on any atom is 0.183 e. The van der Waals surface area contributed by atoms with E-state index >= 15 is 0 Å². The van der Waals surface area contributed by atoms with Crippen LogP contribution in [0, 0.1) is 0 Å². The normalized spacial score (nSPS) is 14.6. The first-order chi connectivity index (χ1) is 13.4. The van der Waals surface area contributed by atoms with Gasteiger partial charge in [0.25, 0.3) is 0 Å². The van der Waals surface area contributed by atoms with E-state index in [-0.39, 0.29) is 24.8 Å². The Bertz CT molecular complexity index is 988. The summed E-state index contributed by atoms with van der Waals surface area (Å²) in [6.07, 6.45) is 3.45. The topological polar surface area (TPSA) is 9.23 Å². The second kappa shape index (κ2) is 12.4. The molecule has 0 radical (unpaired) electrons. The Kier molecular flexibility index (Phi) is 11.3. The number of halogens is 2. The molecule has 158 valence electrons. The molecule has 4 rings (SSSR count). The van der Waals surface area contributed by atoms with Crippen LogP contribution >= 0.6 is 0 Å². The van der Waals surface area contributed by atoms with Gasteiger partial charge in [0.15, 0.2) is 8.32 Å². The largest absolute Gasteiger partial charge is 1.00 e. The van der Waals surface area contributed by atoms with Crippen molar-refractivity contribution < 1.29 is 53.5 Å². The minimum Gasteiger partial charge on any atom is -1.00 e. The summed E-state index contributed by atoms with van der Waals surface area (Å²) in [6, 6.07) is 22.1. The summed E-state index contributed by atoms with van der Waals surface area (Å²) in [6.45, 7) is 9.62. The zero-order valence-corrected chi connectivity index (χ0v) is 23.1. The first-order valence-electron chi connectivity index (χ1n) is 9.98. The zero-order valence-electron chi connectivity index (χ0n) is 18.1. The molecule has 1 aliphatic carbocycles. The van der Waals surface area contributed by atoms with Gasteiger partial charge in [-0.1, -0.05) is 36.4 Å². The molecule has 3 aromatic carbocycles. The Hall–Kier alpha value is -0.700. The molecule has 0 fully saturated rings. The third kappa shape index (κ3) is 6.65. The quantitative estimate of drug-likeness (QED) is 0.345. The van der Waals surface area contributed by atoms with Crippen LogP contribution in [0.4, 0.5) is 0 Å². The van der Waals surface area contributed by atoms with Crippen LogP contribution in [0.3, 0.4) is 0 Å². The Morgan fingerprint density at radius 2 is 1.63 bits per heavy atom. The SMILES string of the molecule is C[CH]=[Zr+2].C[Si](C)(C)OCCC1=CC([c-]2ccc3ccccc32)c2ccccc21.[Cl-].[Cl-]. The number of rotatable bonds is 5. The van der Waals surface area contributed by atoms with Crippen LogP contribution in [-0.4, -0.2) is 18.6 Å². The second-order valence-corrected chi connectivity index (χ2v) is 14.1. The minimum atomic E-state index is -1.45. The van der Waals surface area contributed by atoms with Crippen molar-refractivity contribution in [2.45, 2.75) is 38.9 Å². The van der Waals surface area contributed by atoms with Crippen molar-refractivity contribution in [2.24, 2.45) is 0 Å². The van der Waals surface area contributed by atoms with Crippen LogP contribution in [-0.2, 0) is 28.7 Å². The summed E-state index contributed by atoms with van der Waals surface area (Å²) in [5, 5.41) is 2.71. The Morgan fingerprint density at radius 3 is 2.33 bits per heavy atom.